The predicted molar refractivity (Wildman–Crippen MR) is 69.1 cm³/mol. The molecule has 103 valence electrons. The van der Waals surface area contributed by atoms with Gasteiger partial charge in [-0.05, 0) is 17.7 Å². The Hall–Kier alpha value is -2.30. The first-order valence-corrected chi connectivity index (χ1v) is 5.86. The summed E-state index contributed by atoms with van der Waals surface area (Å²) in [6, 6.07) is 11.4. The van der Waals surface area contributed by atoms with Crippen LogP contribution in [0.15, 0.2) is 53.7 Å². The molecule has 0 amide bonds. The highest BCUT2D eigenvalue weighted by molar-refractivity contribution is 5.79. The Morgan fingerprint density at radius 3 is 2.25 bits per heavy atom. The molecule has 1 radical (unpaired) electrons. The molecule has 0 saturated carbocycles. The molecular weight excluding hydrogens is 267 g/mol. The minimum Gasteiger partial charge on any atom is -0.390 e. The van der Waals surface area contributed by atoms with Gasteiger partial charge in [-0.1, -0.05) is 41.6 Å². The molecule has 0 atom stereocenters. The highest BCUT2D eigenvalue weighted by Crippen LogP contribution is 2.18. The number of rotatable bonds is 5. The van der Waals surface area contributed by atoms with E-state index in [1.807, 2.05) is 0 Å². The third-order valence-electron chi connectivity index (χ3n) is 2.55. The maximum absolute atomic E-state index is 12.7. The summed E-state index contributed by atoms with van der Waals surface area (Å²) in [5.41, 5.74) is 1.25. The number of alkyl halides is 2. The molecule has 2 rings (SSSR count). The van der Waals surface area contributed by atoms with E-state index in [1.165, 1.54) is 36.4 Å². The fraction of sp³-hybridized carbons (Fsp3) is 0.133. The second-order valence-corrected chi connectivity index (χ2v) is 4.03. The van der Waals surface area contributed by atoms with Crippen LogP contribution >= 0.6 is 0 Å². The van der Waals surface area contributed by atoms with E-state index in [-0.39, 0.29) is 18.0 Å². The summed E-state index contributed by atoms with van der Waals surface area (Å²) < 4.78 is 37.3. The average molecular weight is 278 g/mol. The summed E-state index contributed by atoms with van der Waals surface area (Å²) in [7, 11) is 0. The molecule has 0 aromatic heterocycles. The lowest BCUT2D eigenvalue weighted by Crippen LogP contribution is -1.89. The van der Waals surface area contributed by atoms with Gasteiger partial charge in [0.1, 0.15) is 18.6 Å². The first-order valence-electron chi connectivity index (χ1n) is 5.86. The van der Waals surface area contributed by atoms with Crippen LogP contribution in [-0.4, -0.2) is 6.21 Å². The van der Waals surface area contributed by atoms with Crippen molar-refractivity contribution in [3.8, 4) is 0 Å². The summed E-state index contributed by atoms with van der Waals surface area (Å²) in [5, 5.41) is 3.60. The number of benzene rings is 2. The van der Waals surface area contributed by atoms with Gasteiger partial charge in [0.05, 0.1) is 0 Å². The van der Waals surface area contributed by atoms with Crippen molar-refractivity contribution in [2.45, 2.75) is 13.0 Å². The predicted octanol–water partition coefficient (Wildman–Crippen LogP) is 4.19. The molecule has 0 aliphatic rings. The molecule has 2 nitrogen and oxygen atoms in total. The Bertz CT molecular complexity index is 565. The van der Waals surface area contributed by atoms with Gasteiger partial charge in [-0.15, -0.1) is 0 Å². The first-order chi connectivity index (χ1) is 9.65. The normalized spacial score (nSPS) is 11.2. The quantitative estimate of drug-likeness (QED) is 0.593. The Morgan fingerprint density at radius 1 is 1.00 bits per heavy atom. The van der Waals surface area contributed by atoms with Gasteiger partial charge < -0.3 is 4.84 Å². The maximum atomic E-state index is 12.7. The van der Waals surface area contributed by atoms with Crippen molar-refractivity contribution in [1.82, 2.24) is 0 Å². The third-order valence-corrected chi connectivity index (χ3v) is 2.55. The number of hydrogen-bond donors (Lipinski definition) is 0. The summed E-state index contributed by atoms with van der Waals surface area (Å²) >= 11 is 0. The lowest BCUT2D eigenvalue weighted by Gasteiger charge is -2.00. The molecule has 0 N–H and O–H groups in total. The zero-order valence-corrected chi connectivity index (χ0v) is 10.4. The Kier molecular flexibility index (Phi) is 4.76. The van der Waals surface area contributed by atoms with Crippen LogP contribution in [0.1, 0.15) is 23.1 Å². The molecule has 0 unspecified atom stereocenters. The van der Waals surface area contributed by atoms with Crippen molar-refractivity contribution in [3.05, 3.63) is 71.0 Å². The summed E-state index contributed by atoms with van der Waals surface area (Å²) in [4.78, 5) is 4.98. The smallest absolute Gasteiger partial charge is 0.263 e. The minimum absolute atomic E-state index is 0.0530. The topological polar surface area (TPSA) is 21.6 Å². The zero-order chi connectivity index (χ0) is 14.4. The van der Waals surface area contributed by atoms with E-state index in [0.717, 1.165) is 5.56 Å². The molecule has 0 saturated heterocycles. The van der Waals surface area contributed by atoms with Gasteiger partial charge in [0, 0.05) is 11.1 Å². The molecule has 2 aromatic carbocycles. The summed E-state index contributed by atoms with van der Waals surface area (Å²) in [5.74, 6) is -0.317. The second-order valence-electron chi connectivity index (χ2n) is 4.03. The third kappa shape index (κ3) is 4.12. The molecule has 2 aromatic rings. The van der Waals surface area contributed by atoms with Crippen molar-refractivity contribution in [2.75, 3.05) is 0 Å². The molecule has 0 heterocycles. The van der Waals surface area contributed by atoms with Crippen molar-refractivity contribution < 1.29 is 18.0 Å². The fourth-order valence-electron chi connectivity index (χ4n) is 1.48. The van der Waals surface area contributed by atoms with Crippen molar-refractivity contribution in [2.24, 2.45) is 5.16 Å². The van der Waals surface area contributed by atoms with E-state index in [1.54, 1.807) is 12.1 Å². The van der Waals surface area contributed by atoms with Gasteiger partial charge in [0.15, 0.2) is 0 Å². The van der Waals surface area contributed by atoms with Gasteiger partial charge >= 0.3 is 0 Å². The Labute approximate surface area is 114 Å². The molecule has 0 spiro atoms. The van der Waals surface area contributed by atoms with Crippen molar-refractivity contribution >= 4 is 6.21 Å². The largest absolute Gasteiger partial charge is 0.390 e. The van der Waals surface area contributed by atoms with Crippen LogP contribution in [0.25, 0.3) is 0 Å². The molecular formula is C15H11F3NO. The van der Waals surface area contributed by atoms with Gasteiger partial charge in [-0.3, -0.25) is 0 Å². The van der Waals surface area contributed by atoms with Crippen LogP contribution in [0.2, 0.25) is 0 Å². The highest BCUT2D eigenvalue weighted by Gasteiger charge is 2.05. The van der Waals surface area contributed by atoms with Gasteiger partial charge in [-0.2, -0.15) is 0 Å². The fourth-order valence-corrected chi connectivity index (χ4v) is 1.48. The second kappa shape index (κ2) is 6.75. The molecule has 0 aliphatic carbocycles. The Morgan fingerprint density at radius 2 is 1.65 bits per heavy atom. The molecule has 20 heavy (non-hydrogen) atoms. The zero-order valence-electron chi connectivity index (χ0n) is 10.4. The van der Waals surface area contributed by atoms with Crippen LogP contribution < -0.4 is 0 Å². The first kappa shape index (κ1) is 14.1. The average Bonchev–Trinajstić information content (AvgIpc) is 2.46. The SMILES string of the molecule is Fc1ccc(CO/N=[C]\c2ccc(C(F)F)cc2)cc1. The lowest BCUT2D eigenvalue weighted by molar-refractivity contribution is 0.132. The number of halogens is 3. The molecule has 0 aliphatic heterocycles. The molecule has 0 fully saturated rings. The van der Waals surface area contributed by atoms with E-state index < -0.39 is 6.43 Å². The lowest BCUT2D eigenvalue weighted by atomic mass is 10.1. The molecule has 5 heteroatoms. The van der Waals surface area contributed by atoms with E-state index >= 15 is 0 Å². The van der Waals surface area contributed by atoms with Gasteiger partial charge in [-0.25, -0.2) is 13.2 Å². The van der Waals surface area contributed by atoms with E-state index in [4.69, 9.17) is 4.84 Å². The van der Waals surface area contributed by atoms with Crippen LogP contribution in [0.4, 0.5) is 13.2 Å². The standard InChI is InChI=1S/C15H11F3NO/c16-14-7-3-12(4-8-14)10-20-19-9-11-1-5-13(6-2-11)15(17)18/h1-8,15H,10H2. The van der Waals surface area contributed by atoms with Crippen LogP contribution in [-0.2, 0) is 11.4 Å². The van der Waals surface area contributed by atoms with E-state index in [9.17, 15) is 13.2 Å². The maximum Gasteiger partial charge on any atom is 0.263 e. The van der Waals surface area contributed by atoms with E-state index in [2.05, 4.69) is 11.4 Å². The minimum atomic E-state index is -2.49. The number of hydrogen-bond acceptors (Lipinski definition) is 2. The monoisotopic (exact) mass is 278 g/mol. The number of nitrogens with zero attached hydrogens (tertiary/aromatic N) is 1. The Balaban J connectivity index is 1.85. The van der Waals surface area contributed by atoms with Crippen LogP contribution in [0.5, 0.6) is 0 Å². The van der Waals surface area contributed by atoms with Gasteiger partial charge in [0.2, 0.25) is 0 Å². The van der Waals surface area contributed by atoms with Crippen LogP contribution in [0.3, 0.4) is 0 Å². The van der Waals surface area contributed by atoms with E-state index in [0.29, 0.717) is 5.56 Å². The van der Waals surface area contributed by atoms with Crippen molar-refractivity contribution in [1.29, 1.82) is 0 Å². The summed E-state index contributed by atoms with van der Waals surface area (Å²) in [6.07, 6.45) is 0.0861. The van der Waals surface area contributed by atoms with Crippen molar-refractivity contribution in [3.63, 3.8) is 0 Å². The van der Waals surface area contributed by atoms with Gasteiger partial charge in [0.25, 0.3) is 6.43 Å². The molecule has 0 bridgehead atoms. The summed E-state index contributed by atoms with van der Waals surface area (Å²) in [6.45, 7) is 0.183. The van der Waals surface area contributed by atoms with Crippen LogP contribution in [0, 0.1) is 5.82 Å². The highest BCUT2D eigenvalue weighted by atomic mass is 19.3.